The van der Waals surface area contributed by atoms with Gasteiger partial charge in [-0.1, -0.05) is 24.4 Å². The number of carbonyl (C=O) groups excluding carboxylic acids is 2. The molecule has 40 heavy (non-hydrogen) atoms. The molecule has 0 aliphatic rings. The first kappa shape index (κ1) is 30.9. The molecule has 2 aromatic rings. The molecular formula is C21H20N4O14S. The maximum atomic E-state index is 12.7. The topological polar surface area (TPSA) is 245 Å². The van der Waals surface area contributed by atoms with Gasteiger partial charge < -0.3 is 34.5 Å². The lowest BCUT2D eigenvalue weighted by atomic mass is 9.87. The Hall–Kier alpha value is -5.33. The average molecular weight is 584 g/mol. The average Bonchev–Trinajstić information content (AvgIpc) is 2.89. The van der Waals surface area contributed by atoms with Crippen molar-refractivity contribution in [1.29, 1.82) is 0 Å². The summed E-state index contributed by atoms with van der Waals surface area (Å²) in [6.07, 6.45) is -1.67. The van der Waals surface area contributed by atoms with Crippen LogP contribution in [0, 0.1) is 35.8 Å². The number of rotatable bonds is 16. The molecule has 0 amide bonds. The number of nitrogens with two attached hydrogens (primary N) is 1. The highest BCUT2D eigenvalue weighted by atomic mass is 32.1. The fraction of sp³-hybridized carbons (Fsp3) is 0.286. The van der Waals surface area contributed by atoms with Crippen LogP contribution < -0.4 is 15.2 Å². The van der Waals surface area contributed by atoms with E-state index in [1.807, 2.05) is 0 Å². The summed E-state index contributed by atoms with van der Waals surface area (Å²) in [6, 6.07) is 11.2. The standard InChI is InChI=1S/C21H20N4O14S/c22-18(40)14-5-7-15(8-6-14)38-20(27)39-17-4-2-1-3-16(17)19(26)34-10-9-21(11-35-23(28)29,12-36-24(30)31)13-37-25(32)33/h1-8H,9-13H2,(H2,22,40). The summed E-state index contributed by atoms with van der Waals surface area (Å²) in [7, 11) is 0. The Morgan fingerprint density at radius 2 is 1.35 bits per heavy atom. The third kappa shape index (κ3) is 10.2. The third-order valence-corrected chi connectivity index (χ3v) is 5.17. The van der Waals surface area contributed by atoms with E-state index in [1.165, 1.54) is 48.5 Å². The maximum Gasteiger partial charge on any atom is 0.519 e. The Bertz CT molecular complexity index is 1210. The molecule has 0 aromatic heterocycles. The molecule has 214 valence electrons. The second kappa shape index (κ2) is 14.6. The molecule has 0 saturated heterocycles. The van der Waals surface area contributed by atoms with Crippen molar-refractivity contribution in [1.82, 2.24) is 0 Å². The first-order valence-electron chi connectivity index (χ1n) is 10.8. The number of hydrogen-bond acceptors (Lipinski definition) is 15. The highest BCUT2D eigenvalue weighted by molar-refractivity contribution is 7.80. The molecular weight excluding hydrogens is 564 g/mol. The van der Waals surface area contributed by atoms with Crippen molar-refractivity contribution in [2.75, 3.05) is 26.4 Å². The molecule has 0 fully saturated rings. The largest absolute Gasteiger partial charge is 0.519 e. The van der Waals surface area contributed by atoms with Crippen LogP contribution in [0.15, 0.2) is 48.5 Å². The summed E-state index contributed by atoms with van der Waals surface area (Å²) in [5, 5.41) is 28.3. The molecule has 0 heterocycles. The molecule has 18 nitrogen and oxygen atoms in total. The fourth-order valence-corrected chi connectivity index (χ4v) is 3.10. The Balaban J connectivity index is 2.09. The van der Waals surface area contributed by atoms with E-state index in [2.05, 4.69) is 14.5 Å². The molecule has 0 unspecified atom stereocenters. The van der Waals surface area contributed by atoms with Crippen molar-refractivity contribution in [3.63, 3.8) is 0 Å². The van der Waals surface area contributed by atoms with Crippen molar-refractivity contribution in [3.05, 3.63) is 90.0 Å². The summed E-state index contributed by atoms with van der Waals surface area (Å²) in [5.74, 6) is -1.21. The lowest BCUT2D eigenvalue weighted by molar-refractivity contribution is -0.782. The number of hydrogen-bond donors (Lipinski definition) is 1. The van der Waals surface area contributed by atoms with Crippen molar-refractivity contribution in [2.45, 2.75) is 6.42 Å². The lowest BCUT2D eigenvalue weighted by Gasteiger charge is -2.30. The molecule has 0 radical (unpaired) electrons. The predicted octanol–water partition coefficient (Wildman–Crippen LogP) is 2.06. The minimum Gasteiger partial charge on any atom is -0.462 e. The molecule has 0 aliphatic heterocycles. The summed E-state index contributed by atoms with van der Waals surface area (Å²) < 4.78 is 15.2. The summed E-state index contributed by atoms with van der Waals surface area (Å²) in [4.78, 5) is 69.8. The lowest BCUT2D eigenvalue weighted by Crippen LogP contribution is -2.40. The van der Waals surface area contributed by atoms with Gasteiger partial charge in [-0.2, -0.15) is 0 Å². The van der Waals surface area contributed by atoms with Gasteiger partial charge in [0.1, 0.15) is 41.9 Å². The molecule has 0 bridgehead atoms. The minimum absolute atomic E-state index is 0.0900. The Morgan fingerprint density at radius 3 is 1.85 bits per heavy atom. The van der Waals surface area contributed by atoms with Crippen LogP contribution in [0.2, 0.25) is 0 Å². The molecule has 0 aliphatic carbocycles. The van der Waals surface area contributed by atoms with E-state index in [9.17, 15) is 39.9 Å². The quantitative estimate of drug-likeness (QED) is 0.0974. The van der Waals surface area contributed by atoms with E-state index in [-0.39, 0.29) is 22.1 Å². The van der Waals surface area contributed by atoms with E-state index in [1.54, 1.807) is 0 Å². The van der Waals surface area contributed by atoms with Gasteiger partial charge >= 0.3 is 12.1 Å². The number of benzene rings is 2. The molecule has 19 heteroatoms. The van der Waals surface area contributed by atoms with Crippen LogP contribution in [0.5, 0.6) is 11.5 Å². The maximum absolute atomic E-state index is 12.7. The molecule has 2 rings (SSSR count). The SMILES string of the molecule is NC(=S)c1ccc(OC(=O)Oc2ccccc2C(=O)OCCC(CO[N+](=O)[O-])(CO[N+](=O)[O-])CO[N+](=O)[O-])cc1. The number of thiocarbonyl (C=S) groups is 1. The van der Waals surface area contributed by atoms with Crippen molar-refractivity contribution in [2.24, 2.45) is 11.1 Å². The van der Waals surface area contributed by atoms with Gasteiger partial charge in [0.15, 0.2) is 0 Å². The van der Waals surface area contributed by atoms with Gasteiger partial charge in [-0.15, -0.1) is 30.3 Å². The number of esters is 1. The number of carbonyl (C=O) groups is 2. The molecule has 0 spiro atoms. The Morgan fingerprint density at radius 1 is 0.825 bits per heavy atom. The monoisotopic (exact) mass is 584 g/mol. The van der Waals surface area contributed by atoms with Gasteiger partial charge in [0.05, 0.1) is 6.61 Å². The number of para-hydroxylation sites is 1. The van der Waals surface area contributed by atoms with E-state index >= 15 is 0 Å². The summed E-state index contributed by atoms with van der Waals surface area (Å²) in [5.41, 5.74) is 3.95. The first-order valence-corrected chi connectivity index (χ1v) is 11.2. The highest BCUT2D eigenvalue weighted by Gasteiger charge is 2.36. The number of ether oxygens (including phenoxy) is 3. The van der Waals surface area contributed by atoms with Crippen molar-refractivity contribution < 1.29 is 53.6 Å². The van der Waals surface area contributed by atoms with E-state index in [0.29, 0.717) is 5.56 Å². The molecule has 2 aromatic carbocycles. The molecule has 0 saturated carbocycles. The van der Waals surface area contributed by atoms with Gasteiger partial charge in [0.25, 0.3) is 15.3 Å². The van der Waals surface area contributed by atoms with Crippen molar-refractivity contribution in [3.8, 4) is 11.5 Å². The zero-order valence-electron chi connectivity index (χ0n) is 20.2. The van der Waals surface area contributed by atoms with Gasteiger partial charge in [-0.05, 0) is 42.8 Å². The van der Waals surface area contributed by atoms with Crippen LogP contribution in [-0.2, 0) is 19.2 Å². The van der Waals surface area contributed by atoms with E-state index < -0.39 is 65.6 Å². The third-order valence-electron chi connectivity index (χ3n) is 4.93. The normalized spacial score (nSPS) is 10.5. The van der Waals surface area contributed by atoms with Crippen LogP contribution in [0.4, 0.5) is 4.79 Å². The highest BCUT2D eigenvalue weighted by Crippen LogP contribution is 2.26. The van der Waals surface area contributed by atoms with E-state index in [0.717, 1.165) is 0 Å². The fourth-order valence-electron chi connectivity index (χ4n) is 2.97. The number of nitrogens with zero attached hydrogens (tertiary/aromatic N) is 3. The van der Waals surface area contributed by atoms with Gasteiger partial charge in [-0.3, -0.25) is 0 Å². The van der Waals surface area contributed by atoms with Crippen LogP contribution in [-0.4, -0.2) is 58.8 Å². The van der Waals surface area contributed by atoms with E-state index in [4.69, 9.17) is 32.2 Å². The Labute approximate surface area is 228 Å². The molecule has 0 atom stereocenters. The van der Waals surface area contributed by atoms with Crippen molar-refractivity contribution >= 4 is 29.3 Å². The van der Waals surface area contributed by atoms with Crippen LogP contribution >= 0.6 is 12.2 Å². The summed E-state index contributed by atoms with van der Waals surface area (Å²) >= 11 is 4.84. The van der Waals surface area contributed by atoms with Crippen LogP contribution in [0.25, 0.3) is 0 Å². The summed E-state index contributed by atoms with van der Waals surface area (Å²) in [6.45, 7) is -3.37. The smallest absolute Gasteiger partial charge is 0.462 e. The van der Waals surface area contributed by atoms with Gasteiger partial charge in [0.2, 0.25) is 0 Å². The predicted molar refractivity (Wildman–Crippen MR) is 132 cm³/mol. The minimum atomic E-state index is -1.85. The molecule has 2 N–H and O–H groups in total. The zero-order chi connectivity index (χ0) is 29.7. The van der Waals surface area contributed by atoms with Crippen LogP contribution in [0.1, 0.15) is 22.3 Å². The zero-order valence-corrected chi connectivity index (χ0v) is 21.0. The van der Waals surface area contributed by atoms with Gasteiger partial charge in [0, 0.05) is 11.0 Å². The second-order valence-electron chi connectivity index (χ2n) is 7.72. The van der Waals surface area contributed by atoms with Gasteiger partial charge in [-0.25, -0.2) is 9.59 Å². The Kier molecular flexibility index (Phi) is 11.2. The second-order valence-corrected chi connectivity index (χ2v) is 8.16. The first-order chi connectivity index (χ1) is 18.9. The van der Waals surface area contributed by atoms with Crippen LogP contribution in [0.3, 0.4) is 0 Å².